The Balaban J connectivity index is 2.05. The van der Waals surface area contributed by atoms with Crippen LogP contribution >= 0.6 is 11.6 Å². The number of carbonyl (C=O) groups excluding carboxylic acids is 3. The molecular formula is C19H26ClN3O3. The van der Waals surface area contributed by atoms with E-state index in [0.717, 1.165) is 12.8 Å². The number of nitrogens with one attached hydrogen (secondary N) is 2. The van der Waals surface area contributed by atoms with Gasteiger partial charge in [0.25, 0.3) is 0 Å². The molecule has 6 nitrogen and oxygen atoms in total. The molecule has 142 valence electrons. The molecule has 0 radical (unpaired) electrons. The van der Waals surface area contributed by atoms with Crippen molar-refractivity contribution in [1.82, 2.24) is 4.90 Å². The number of hydrogen-bond donors (Lipinski definition) is 2. The van der Waals surface area contributed by atoms with Gasteiger partial charge < -0.3 is 15.5 Å². The van der Waals surface area contributed by atoms with Gasteiger partial charge in [-0.2, -0.15) is 0 Å². The lowest BCUT2D eigenvalue weighted by Crippen LogP contribution is -2.47. The van der Waals surface area contributed by atoms with Gasteiger partial charge in [0, 0.05) is 31.1 Å². The van der Waals surface area contributed by atoms with Crippen molar-refractivity contribution in [2.75, 3.05) is 23.7 Å². The molecule has 1 aliphatic rings. The van der Waals surface area contributed by atoms with Crippen LogP contribution in [0.1, 0.15) is 40.5 Å². The highest BCUT2D eigenvalue weighted by Crippen LogP contribution is 2.27. The van der Waals surface area contributed by atoms with E-state index in [1.165, 1.54) is 6.92 Å². The number of amides is 3. The van der Waals surface area contributed by atoms with Crippen LogP contribution in [0.5, 0.6) is 0 Å². The zero-order valence-corrected chi connectivity index (χ0v) is 16.4. The molecule has 1 heterocycles. The van der Waals surface area contributed by atoms with E-state index in [-0.39, 0.29) is 23.6 Å². The van der Waals surface area contributed by atoms with Crippen LogP contribution in [0.2, 0.25) is 5.02 Å². The summed E-state index contributed by atoms with van der Waals surface area (Å²) in [6.45, 7) is 8.16. The van der Waals surface area contributed by atoms with E-state index in [1.807, 2.05) is 20.8 Å². The van der Waals surface area contributed by atoms with Crippen molar-refractivity contribution in [2.24, 2.45) is 11.3 Å². The zero-order chi connectivity index (χ0) is 19.5. The minimum atomic E-state index is -0.457. The van der Waals surface area contributed by atoms with E-state index in [9.17, 15) is 14.4 Å². The van der Waals surface area contributed by atoms with Crippen molar-refractivity contribution in [1.29, 1.82) is 0 Å². The number of rotatable bonds is 3. The number of halogens is 1. The highest BCUT2D eigenvalue weighted by atomic mass is 35.5. The number of nitrogens with zero attached hydrogens (tertiary/aromatic N) is 1. The fourth-order valence-corrected chi connectivity index (χ4v) is 3.15. The minimum Gasteiger partial charge on any atom is -0.341 e. The Bertz CT molecular complexity index is 712. The molecule has 0 bridgehead atoms. The van der Waals surface area contributed by atoms with Gasteiger partial charge in [-0.1, -0.05) is 32.4 Å². The van der Waals surface area contributed by atoms with Gasteiger partial charge in [-0.05, 0) is 31.0 Å². The van der Waals surface area contributed by atoms with Crippen LogP contribution in [0.15, 0.2) is 18.2 Å². The molecular weight excluding hydrogens is 354 g/mol. The third-order valence-corrected chi connectivity index (χ3v) is 4.60. The van der Waals surface area contributed by atoms with Crippen LogP contribution in [0.25, 0.3) is 0 Å². The van der Waals surface area contributed by atoms with Crippen LogP contribution in [-0.2, 0) is 14.4 Å². The number of carbonyl (C=O) groups is 3. The Morgan fingerprint density at radius 2 is 1.88 bits per heavy atom. The van der Waals surface area contributed by atoms with Gasteiger partial charge in [-0.15, -0.1) is 0 Å². The van der Waals surface area contributed by atoms with Crippen LogP contribution in [0.3, 0.4) is 0 Å². The predicted octanol–water partition coefficient (Wildman–Crippen LogP) is 3.52. The molecule has 0 aliphatic carbocycles. The van der Waals surface area contributed by atoms with Gasteiger partial charge in [-0.25, -0.2) is 0 Å². The summed E-state index contributed by atoms with van der Waals surface area (Å²) >= 11 is 6.05. The number of anilines is 2. The van der Waals surface area contributed by atoms with Crippen LogP contribution in [0.4, 0.5) is 11.4 Å². The monoisotopic (exact) mass is 379 g/mol. The summed E-state index contributed by atoms with van der Waals surface area (Å²) in [6.07, 6.45) is 1.55. The molecule has 1 saturated heterocycles. The summed E-state index contributed by atoms with van der Waals surface area (Å²) in [5.74, 6) is -0.559. The number of hydrogen-bond acceptors (Lipinski definition) is 3. The lowest BCUT2D eigenvalue weighted by molar-refractivity contribution is -0.142. The molecule has 3 amide bonds. The van der Waals surface area contributed by atoms with Crippen LogP contribution < -0.4 is 10.6 Å². The Kier molecular flexibility index (Phi) is 6.29. The molecule has 0 aromatic heterocycles. The number of likely N-dealkylation sites (tertiary alicyclic amines) is 1. The highest BCUT2D eigenvalue weighted by Gasteiger charge is 2.33. The molecule has 1 aromatic rings. The van der Waals surface area contributed by atoms with Gasteiger partial charge >= 0.3 is 0 Å². The predicted molar refractivity (Wildman–Crippen MR) is 103 cm³/mol. The molecule has 1 aromatic carbocycles. The summed E-state index contributed by atoms with van der Waals surface area (Å²) in [4.78, 5) is 38.1. The molecule has 2 N–H and O–H groups in total. The summed E-state index contributed by atoms with van der Waals surface area (Å²) in [7, 11) is 0. The Labute approximate surface area is 159 Å². The molecule has 26 heavy (non-hydrogen) atoms. The Morgan fingerprint density at radius 1 is 1.19 bits per heavy atom. The summed E-state index contributed by atoms with van der Waals surface area (Å²) in [6, 6.07) is 4.94. The Hall–Kier alpha value is -2.08. The second-order valence-electron chi connectivity index (χ2n) is 7.71. The molecule has 7 heteroatoms. The second-order valence-corrected chi connectivity index (χ2v) is 8.11. The fraction of sp³-hybridized carbons (Fsp3) is 0.526. The minimum absolute atomic E-state index is 0.0643. The third kappa shape index (κ3) is 5.21. The fourth-order valence-electron chi connectivity index (χ4n) is 2.98. The first-order valence-electron chi connectivity index (χ1n) is 8.75. The van der Waals surface area contributed by atoms with E-state index in [0.29, 0.717) is 29.5 Å². The normalized spacial score (nSPS) is 17.6. The number of benzene rings is 1. The summed E-state index contributed by atoms with van der Waals surface area (Å²) in [5, 5.41) is 5.89. The van der Waals surface area contributed by atoms with Crippen molar-refractivity contribution >= 4 is 40.7 Å². The largest absolute Gasteiger partial charge is 0.341 e. The molecule has 1 aliphatic heterocycles. The van der Waals surface area contributed by atoms with Gasteiger partial charge in [0.1, 0.15) is 0 Å². The average molecular weight is 380 g/mol. The first kappa shape index (κ1) is 20.2. The second kappa shape index (κ2) is 8.08. The van der Waals surface area contributed by atoms with Gasteiger partial charge in [0.2, 0.25) is 17.7 Å². The highest BCUT2D eigenvalue weighted by molar-refractivity contribution is 6.33. The van der Waals surface area contributed by atoms with E-state index < -0.39 is 5.41 Å². The lowest BCUT2D eigenvalue weighted by Gasteiger charge is -2.35. The van der Waals surface area contributed by atoms with Crippen molar-refractivity contribution < 1.29 is 14.4 Å². The van der Waals surface area contributed by atoms with E-state index in [2.05, 4.69) is 10.6 Å². The standard InChI is InChI=1S/C19H26ClN3O3/c1-12(24)21-16-10-14(7-8-15(16)20)22-17(25)13-6-5-9-23(11-13)18(26)19(2,3)4/h7-8,10,13H,5-6,9,11H2,1-4H3,(H,21,24)(H,22,25). The molecule has 0 saturated carbocycles. The molecule has 2 rings (SSSR count). The summed E-state index contributed by atoms with van der Waals surface area (Å²) < 4.78 is 0. The van der Waals surface area contributed by atoms with Crippen LogP contribution in [0, 0.1) is 11.3 Å². The maximum Gasteiger partial charge on any atom is 0.229 e. The van der Waals surface area contributed by atoms with Gasteiger partial charge in [0.05, 0.1) is 16.6 Å². The van der Waals surface area contributed by atoms with Gasteiger partial charge in [0.15, 0.2) is 0 Å². The van der Waals surface area contributed by atoms with Crippen LogP contribution in [-0.4, -0.2) is 35.7 Å². The molecule has 1 fully saturated rings. The zero-order valence-electron chi connectivity index (χ0n) is 15.7. The van der Waals surface area contributed by atoms with Crippen molar-refractivity contribution in [3.05, 3.63) is 23.2 Å². The lowest BCUT2D eigenvalue weighted by atomic mass is 9.91. The first-order chi connectivity index (χ1) is 12.1. The van der Waals surface area contributed by atoms with Crippen molar-refractivity contribution in [3.8, 4) is 0 Å². The average Bonchev–Trinajstić information content (AvgIpc) is 2.56. The molecule has 1 unspecified atom stereocenters. The van der Waals surface area contributed by atoms with E-state index in [1.54, 1.807) is 23.1 Å². The topological polar surface area (TPSA) is 78.5 Å². The van der Waals surface area contributed by atoms with Crippen molar-refractivity contribution in [2.45, 2.75) is 40.5 Å². The number of piperidine rings is 1. The van der Waals surface area contributed by atoms with Gasteiger partial charge in [-0.3, -0.25) is 14.4 Å². The Morgan fingerprint density at radius 3 is 2.50 bits per heavy atom. The maximum absolute atomic E-state index is 12.6. The maximum atomic E-state index is 12.6. The molecule has 0 spiro atoms. The SMILES string of the molecule is CC(=O)Nc1cc(NC(=O)C2CCCN(C(=O)C(C)(C)C)C2)ccc1Cl. The van der Waals surface area contributed by atoms with E-state index in [4.69, 9.17) is 11.6 Å². The summed E-state index contributed by atoms with van der Waals surface area (Å²) in [5.41, 5.74) is 0.550. The van der Waals surface area contributed by atoms with Crippen molar-refractivity contribution in [3.63, 3.8) is 0 Å². The first-order valence-corrected chi connectivity index (χ1v) is 9.13. The molecule has 1 atom stereocenters. The van der Waals surface area contributed by atoms with E-state index >= 15 is 0 Å². The smallest absolute Gasteiger partial charge is 0.229 e. The third-order valence-electron chi connectivity index (χ3n) is 4.27. The quantitative estimate of drug-likeness (QED) is 0.843.